The molecule has 1 aromatic carbocycles. The summed E-state index contributed by atoms with van der Waals surface area (Å²) < 4.78 is 5.41. The SMILES string of the molecule is CC(C)(C)OC(=O)N1CCC(CNc2ccc(N=[N+]=[N-])cc2)CC1. The van der Waals surface area contributed by atoms with Crippen LogP contribution in [0.15, 0.2) is 29.4 Å². The van der Waals surface area contributed by atoms with Crippen molar-refractivity contribution in [3.63, 3.8) is 0 Å². The van der Waals surface area contributed by atoms with Crippen LogP contribution >= 0.6 is 0 Å². The molecule has 0 aromatic heterocycles. The Balaban J connectivity index is 1.75. The summed E-state index contributed by atoms with van der Waals surface area (Å²) >= 11 is 0. The quantitative estimate of drug-likeness (QED) is 0.493. The standard InChI is InChI=1S/C17H25N5O2/c1-17(2,3)24-16(23)22-10-8-13(9-11-22)12-19-14-4-6-15(7-5-14)20-21-18/h4-7,13,19H,8-12H2,1-3H3. The van der Waals surface area contributed by atoms with Crippen molar-refractivity contribution in [2.24, 2.45) is 11.0 Å². The van der Waals surface area contributed by atoms with Crippen molar-refractivity contribution in [1.29, 1.82) is 0 Å². The van der Waals surface area contributed by atoms with E-state index in [1.165, 1.54) is 0 Å². The van der Waals surface area contributed by atoms with Crippen molar-refractivity contribution in [3.05, 3.63) is 34.7 Å². The number of hydrogen-bond acceptors (Lipinski definition) is 4. The summed E-state index contributed by atoms with van der Waals surface area (Å²) in [4.78, 5) is 16.6. The summed E-state index contributed by atoms with van der Waals surface area (Å²) in [7, 11) is 0. The zero-order valence-electron chi connectivity index (χ0n) is 14.5. The van der Waals surface area contributed by atoms with Gasteiger partial charge < -0.3 is 15.0 Å². The number of nitrogens with one attached hydrogen (secondary N) is 1. The molecule has 0 unspecified atom stereocenters. The molecule has 1 heterocycles. The molecule has 7 nitrogen and oxygen atoms in total. The molecule has 1 aliphatic heterocycles. The molecule has 1 fully saturated rings. The Morgan fingerprint density at radius 1 is 1.33 bits per heavy atom. The van der Waals surface area contributed by atoms with Gasteiger partial charge in [0.05, 0.1) is 0 Å². The lowest BCUT2D eigenvalue weighted by Gasteiger charge is -2.33. The van der Waals surface area contributed by atoms with E-state index < -0.39 is 5.60 Å². The van der Waals surface area contributed by atoms with Gasteiger partial charge in [-0.25, -0.2) is 4.79 Å². The number of carbonyl (C=O) groups is 1. The number of anilines is 1. The second-order valence-corrected chi connectivity index (χ2v) is 7.03. The molecular weight excluding hydrogens is 306 g/mol. The van der Waals surface area contributed by atoms with Gasteiger partial charge in [-0.1, -0.05) is 17.2 Å². The molecule has 0 aliphatic carbocycles. The molecule has 0 bridgehead atoms. The Bertz CT molecular complexity index is 594. The summed E-state index contributed by atoms with van der Waals surface area (Å²) in [6, 6.07) is 7.38. The Hall–Kier alpha value is -2.40. The molecule has 0 atom stereocenters. The van der Waals surface area contributed by atoms with Gasteiger partial charge in [-0.3, -0.25) is 0 Å². The average Bonchev–Trinajstić information content (AvgIpc) is 2.53. The maximum absolute atomic E-state index is 12.0. The Kier molecular flexibility index (Phi) is 5.93. The van der Waals surface area contributed by atoms with Crippen molar-refractivity contribution in [3.8, 4) is 0 Å². The summed E-state index contributed by atoms with van der Waals surface area (Å²) in [5, 5.41) is 6.95. The minimum absolute atomic E-state index is 0.220. The predicted octanol–water partition coefficient (Wildman–Crippen LogP) is 4.69. The highest BCUT2D eigenvalue weighted by Crippen LogP contribution is 2.21. The van der Waals surface area contributed by atoms with Crippen LogP contribution in [0.25, 0.3) is 10.4 Å². The number of hydrogen-bond donors (Lipinski definition) is 1. The third kappa shape index (κ3) is 5.66. The molecule has 1 N–H and O–H groups in total. The number of amides is 1. The number of ether oxygens (including phenoxy) is 1. The van der Waals surface area contributed by atoms with Gasteiger partial charge in [0.1, 0.15) is 5.60 Å². The van der Waals surface area contributed by atoms with Gasteiger partial charge in [-0.05, 0) is 57.2 Å². The monoisotopic (exact) mass is 331 g/mol. The second-order valence-electron chi connectivity index (χ2n) is 7.03. The number of carbonyl (C=O) groups excluding carboxylic acids is 1. The maximum Gasteiger partial charge on any atom is 0.410 e. The third-order valence-electron chi connectivity index (χ3n) is 3.89. The van der Waals surface area contributed by atoms with E-state index in [2.05, 4.69) is 15.3 Å². The summed E-state index contributed by atoms with van der Waals surface area (Å²) in [5.41, 5.74) is 9.55. The lowest BCUT2D eigenvalue weighted by molar-refractivity contribution is 0.0188. The number of likely N-dealkylation sites (tertiary alicyclic amines) is 1. The second kappa shape index (κ2) is 7.93. The van der Waals surface area contributed by atoms with E-state index in [9.17, 15) is 4.79 Å². The van der Waals surface area contributed by atoms with Gasteiger partial charge in [0.15, 0.2) is 0 Å². The van der Waals surface area contributed by atoms with Crippen LogP contribution in [-0.4, -0.2) is 36.2 Å². The molecule has 0 radical (unpaired) electrons. The van der Waals surface area contributed by atoms with Gasteiger partial charge >= 0.3 is 6.09 Å². The van der Waals surface area contributed by atoms with Crippen LogP contribution in [0, 0.1) is 5.92 Å². The van der Waals surface area contributed by atoms with Crippen molar-refractivity contribution in [2.75, 3.05) is 25.0 Å². The van der Waals surface area contributed by atoms with Crippen molar-refractivity contribution in [1.82, 2.24) is 4.90 Å². The first kappa shape index (κ1) is 17.9. The average molecular weight is 331 g/mol. The highest BCUT2D eigenvalue weighted by atomic mass is 16.6. The Labute approximate surface area is 142 Å². The van der Waals surface area contributed by atoms with Gasteiger partial charge in [0.25, 0.3) is 0 Å². The molecule has 1 amide bonds. The third-order valence-corrected chi connectivity index (χ3v) is 3.89. The van der Waals surface area contributed by atoms with Gasteiger partial charge in [0, 0.05) is 35.9 Å². The van der Waals surface area contributed by atoms with E-state index in [0.717, 1.165) is 38.2 Å². The first-order valence-electron chi connectivity index (χ1n) is 8.24. The van der Waals surface area contributed by atoms with Crippen LogP contribution in [0.4, 0.5) is 16.2 Å². The van der Waals surface area contributed by atoms with E-state index in [0.29, 0.717) is 11.6 Å². The highest BCUT2D eigenvalue weighted by Gasteiger charge is 2.26. The minimum atomic E-state index is -0.447. The highest BCUT2D eigenvalue weighted by molar-refractivity contribution is 5.68. The van der Waals surface area contributed by atoms with Crippen LogP contribution in [0.2, 0.25) is 0 Å². The Morgan fingerprint density at radius 3 is 2.50 bits per heavy atom. The van der Waals surface area contributed by atoms with Crippen LogP contribution in [-0.2, 0) is 4.74 Å². The van der Waals surface area contributed by atoms with Crippen LogP contribution in [0.1, 0.15) is 33.6 Å². The summed E-state index contributed by atoms with van der Waals surface area (Å²) in [6.07, 6.45) is 1.70. The number of nitrogens with zero attached hydrogens (tertiary/aromatic N) is 4. The van der Waals surface area contributed by atoms with Crippen LogP contribution in [0.5, 0.6) is 0 Å². The van der Waals surface area contributed by atoms with E-state index in [1.54, 1.807) is 17.0 Å². The number of piperidine rings is 1. The fourth-order valence-corrected chi connectivity index (χ4v) is 2.61. The zero-order chi connectivity index (χ0) is 17.6. The van der Waals surface area contributed by atoms with Crippen molar-refractivity contribution >= 4 is 17.5 Å². The van der Waals surface area contributed by atoms with Crippen LogP contribution < -0.4 is 5.32 Å². The normalized spacial score (nSPS) is 15.5. The first-order valence-corrected chi connectivity index (χ1v) is 8.24. The number of rotatable bonds is 4. The molecule has 1 saturated heterocycles. The molecule has 0 saturated carbocycles. The summed E-state index contributed by atoms with van der Waals surface area (Å²) in [6.45, 7) is 7.98. The minimum Gasteiger partial charge on any atom is -0.444 e. The molecule has 130 valence electrons. The molecule has 1 aromatic rings. The first-order chi connectivity index (χ1) is 11.4. The maximum atomic E-state index is 12.0. The molecule has 7 heteroatoms. The fraction of sp³-hybridized carbons (Fsp3) is 0.588. The number of benzene rings is 1. The van der Waals surface area contributed by atoms with E-state index >= 15 is 0 Å². The van der Waals surface area contributed by atoms with E-state index in [1.807, 2.05) is 32.9 Å². The largest absolute Gasteiger partial charge is 0.444 e. The molecule has 24 heavy (non-hydrogen) atoms. The number of azide groups is 1. The van der Waals surface area contributed by atoms with Gasteiger partial charge in [-0.2, -0.15) is 0 Å². The molecule has 0 spiro atoms. The van der Waals surface area contributed by atoms with E-state index in [-0.39, 0.29) is 6.09 Å². The fourth-order valence-electron chi connectivity index (χ4n) is 2.61. The predicted molar refractivity (Wildman–Crippen MR) is 94.3 cm³/mol. The van der Waals surface area contributed by atoms with Crippen molar-refractivity contribution < 1.29 is 9.53 Å². The lowest BCUT2D eigenvalue weighted by Crippen LogP contribution is -2.42. The molecular formula is C17H25N5O2. The van der Waals surface area contributed by atoms with Crippen LogP contribution in [0.3, 0.4) is 0 Å². The smallest absolute Gasteiger partial charge is 0.410 e. The van der Waals surface area contributed by atoms with E-state index in [4.69, 9.17) is 10.3 Å². The molecule has 1 aliphatic rings. The summed E-state index contributed by atoms with van der Waals surface area (Å²) in [5.74, 6) is 0.528. The Morgan fingerprint density at radius 2 is 1.96 bits per heavy atom. The van der Waals surface area contributed by atoms with Gasteiger partial charge in [-0.15, -0.1) is 0 Å². The van der Waals surface area contributed by atoms with Crippen molar-refractivity contribution in [2.45, 2.75) is 39.2 Å². The zero-order valence-corrected chi connectivity index (χ0v) is 14.5. The van der Waals surface area contributed by atoms with Gasteiger partial charge in [0.2, 0.25) is 0 Å². The molecule has 2 rings (SSSR count). The topological polar surface area (TPSA) is 90.3 Å². The lowest BCUT2D eigenvalue weighted by atomic mass is 9.97.